The molecule has 1 amide bonds. The Kier molecular flexibility index (Phi) is 7.76. The fourth-order valence-electron chi connectivity index (χ4n) is 4.89. The average Bonchev–Trinajstić information content (AvgIpc) is 3.20. The highest BCUT2D eigenvalue weighted by Gasteiger charge is 2.47. The predicted molar refractivity (Wildman–Crippen MR) is 150 cm³/mol. The lowest BCUT2D eigenvalue weighted by atomic mass is 9.94. The molecular weight excluding hydrogens is 480 g/mol. The van der Waals surface area contributed by atoms with Gasteiger partial charge in [0.1, 0.15) is 17.3 Å². The van der Waals surface area contributed by atoms with E-state index in [4.69, 9.17) is 9.47 Å². The molecule has 198 valence electrons. The highest BCUT2D eigenvalue weighted by Crippen LogP contribution is 2.44. The quantitative estimate of drug-likeness (QED) is 0.233. The van der Waals surface area contributed by atoms with E-state index in [1.165, 1.54) is 19.1 Å². The Labute approximate surface area is 223 Å². The van der Waals surface area contributed by atoms with Crippen LogP contribution in [-0.4, -0.2) is 44.1 Å². The standard InChI is InChI=1S/C31H34N2O5/c1-7-32(8-2)22-13-10-21(11-14-22)28-27(29(34)25-18-24(37-5)15-16-26(25)38-6)30(35)31(36)33(28)23-12-9-19(3)20(4)17-23/h9-18,28,34H,7-8H2,1-6H3/b29-27+. The molecule has 1 fully saturated rings. The van der Waals surface area contributed by atoms with Gasteiger partial charge < -0.3 is 19.5 Å². The summed E-state index contributed by atoms with van der Waals surface area (Å²) >= 11 is 0. The summed E-state index contributed by atoms with van der Waals surface area (Å²) in [5.74, 6) is -0.937. The molecule has 0 bridgehead atoms. The number of benzene rings is 3. The van der Waals surface area contributed by atoms with Crippen LogP contribution in [0.25, 0.3) is 5.76 Å². The van der Waals surface area contributed by atoms with Crippen LogP contribution in [0.15, 0.2) is 66.2 Å². The van der Waals surface area contributed by atoms with E-state index in [0.717, 1.165) is 29.9 Å². The molecule has 0 aromatic heterocycles. The maximum absolute atomic E-state index is 13.6. The molecule has 1 aliphatic rings. The first-order chi connectivity index (χ1) is 18.2. The van der Waals surface area contributed by atoms with E-state index in [1.807, 2.05) is 56.3 Å². The summed E-state index contributed by atoms with van der Waals surface area (Å²) in [5, 5.41) is 11.6. The van der Waals surface area contributed by atoms with Crippen molar-refractivity contribution in [2.45, 2.75) is 33.7 Å². The Balaban J connectivity index is 1.96. The molecule has 4 rings (SSSR count). The molecule has 1 atom stereocenters. The van der Waals surface area contributed by atoms with Crippen molar-refractivity contribution in [2.75, 3.05) is 37.1 Å². The third-order valence-corrected chi connectivity index (χ3v) is 7.21. The Bertz CT molecular complexity index is 1390. The number of Topliss-reactive ketones (excluding diaryl/α,β-unsaturated/α-hetero) is 1. The van der Waals surface area contributed by atoms with Crippen molar-refractivity contribution in [1.29, 1.82) is 0 Å². The zero-order valence-corrected chi connectivity index (χ0v) is 22.7. The maximum atomic E-state index is 13.6. The fourth-order valence-corrected chi connectivity index (χ4v) is 4.89. The lowest BCUT2D eigenvalue weighted by molar-refractivity contribution is -0.132. The number of nitrogens with zero attached hydrogens (tertiary/aromatic N) is 2. The number of methoxy groups -OCH3 is 2. The number of hydrogen-bond acceptors (Lipinski definition) is 6. The van der Waals surface area contributed by atoms with Crippen LogP contribution in [0.1, 0.15) is 42.1 Å². The van der Waals surface area contributed by atoms with Gasteiger partial charge in [-0.1, -0.05) is 18.2 Å². The minimum atomic E-state index is -0.834. The van der Waals surface area contributed by atoms with Gasteiger partial charge in [0.05, 0.1) is 31.4 Å². The van der Waals surface area contributed by atoms with Gasteiger partial charge in [0.15, 0.2) is 0 Å². The van der Waals surface area contributed by atoms with E-state index in [9.17, 15) is 14.7 Å². The van der Waals surface area contributed by atoms with Crippen LogP contribution in [0, 0.1) is 13.8 Å². The molecule has 3 aromatic rings. The summed E-state index contributed by atoms with van der Waals surface area (Å²) in [6.07, 6.45) is 0. The van der Waals surface area contributed by atoms with Crippen LogP contribution in [0.4, 0.5) is 11.4 Å². The second-order valence-electron chi connectivity index (χ2n) is 9.27. The summed E-state index contributed by atoms with van der Waals surface area (Å²) in [7, 11) is 3.00. The van der Waals surface area contributed by atoms with E-state index in [2.05, 4.69) is 18.7 Å². The molecule has 0 aliphatic carbocycles. The van der Waals surface area contributed by atoms with Crippen molar-refractivity contribution in [2.24, 2.45) is 0 Å². The molecule has 0 saturated carbocycles. The Hall–Kier alpha value is -4.26. The SMILES string of the molecule is CCN(CC)c1ccc(C2/C(=C(\O)c3cc(OC)ccc3OC)C(=O)C(=O)N2c2ccc(C)c(C)c2)cc1. The van der Waals surface area contributed by atoms with E-state index in [-0.39, 0.29) is 16.9 Å². The van der Waals surface area contributed by atoms with Gasteiger partial charge in [-0.05, 0) is 86.8 Å². The lowest BCUT2D eigenvalue weighted by Crippen LogP contribution is -2.29. The number of aliphatic hydroxyl groups is 1. The maximum Gasteiger partial charge on any atom is 0.300 e. The summed E-state index contributed by atoms with van der Waals surface area (Å²) in [6.45, 7) is 9.84. The number of ether oxygens (including phenoxy) is 2. The first-order valence-corrected chi connectivity index (χ1v) is 12.7. The number of amides is 1. The number of hydrogen-bond donors (Lipinski definition) is 1. The molecule has 7 heteroatoms. The topological polar surface area (TPSA) is 79.3 Å². The number of ketones is 1. The normalized spacial score (nSPS) is 16.6. The van der Waals surface area contributed by atoms with Gasteiger partial charge in [0.25, 0.3) is 11.7 Å². The zero-order valence-electron chi connectivity index (χ0n) is 22.7. The van der Waals surface area contributed by atoms with Gasteiger partial charge in [-0.3, -0.25) is 14.5 Å². The Morgan fingerprint density at radius 2 is 1.58 bits per heavy atom. The molecule has 1 heterocycles. The number of aryl methyl sites for hydroxylation is 2. The van der Waals surface area contributed by atoms with Gasteiger partial charge in [-0.15, -0.1) is 0 Å². The lowest BCUT2D eigenvalue weighted by Gasteiger charge is -2.27. The average molecular weight is 515 g/mol. The van der Waals surface area contributed by atoms with Gasteiger partial charge in [-0.25, -0.2) is 0 Å². The number of carbonyl (C=O) groups excluding carboxylic acids is 2. The first kappa shape index (κ1) is 26.8. The van der Waals surface area contributed by atoms with Crippen LogP contribution in [0.2, 0.25) is 0 Å². The number of rotatable bonds is 8. The van der Waals surface area contributed by atoms with Crippen LogP contribution in [-0.2, 0) is 9.59 Å². The van der Waals surface area contributed by atoms with Gasteiger partial charge in [0.2, 0.25) is 0 Å². The number of carbonyl (C=O) groups is 2. The molecule has 1 unspecified atom stereocenters. The molecule has 1 aliphatic heterocycles. The summed E-state index contributed by atoms with van der Waals surface area (Å²) in [4.78, 5) is 30.8. The molecule has 7 nitrogen and oxygen atoms in total. The van der Waals surface area contributed by atoms with Crippen LogP contribution >= 0.6 is 0 Å². The van der Waals surface area contributed by atoms with E-state index >= 15 is 0 Å². The molecule has 38 heavy (non-hydrogen) atoms. The second-order valence-corrected chi connectivity index (χ2v) is 9.27. The van der Waals surface area contributed by atoms with Crippen LogP contribution in [0.3, 0.4) is 0 Å². The van der Waals surface area contributed by atoms with E-state index < -0.39 is 17.7 Å². The Morgan fingerprint density at radius 3 is 2.16 bits per heavy atom. The highest BCUT2D eigenvalue weighted by atomic mass is 16.5. The van der Waals surface area contributed by atoms with Crippen molar-refractivity contribution in [3.8, 4) is 11.5 Å². The molecular formula is C31H34N2O5. The first-order valence-electron chi connectivity index (χ1n) is 12.7. The van der Waals surface area contributed by atoms with Crippen molar-refractivity contribution in [1.82, 2.24) is 0 Å². The summed E-state index contributed by atoms with van der Waals surface area (Å²) < 4.78 is 10.8. The smallest absolute Gasteiger partial charge is 0.300 e. The van der Waals surface area contributed by atoms with Crippen molar-refractivity contribution in [3.05, 3.63) is 88.5 Å². The fraction of sp³-hybridized carbons (Fsp3) is 0.290. The van der Waals surface area contributed by atoms with E-state index in [0.29, 0.717) is 22.7 Å². The molecule has 1 N–H and O–H groups in total. The van der Waals surface area contributed by atoms with Crippen molar-refractivity contribution >= 4 is 28.8 Å². The predicted octanol–water partition coefficient (Wildman–Crippen LogP) is 5.79. The van der Waals surface area contributed by atoms with Crippen molar-refractivity contribution in [3.63, 3.8) is 0 Å². The summed E-state index contributed by atoms with van der Waals surface area (Å²) in [5.41, 5.74) is 4.67. The second kappa shape index (κ2) is 11.0. The molecule has 0 radical (unpaired) electrons. The van der Waals surface area contributed by atoms with Gasteiger partial charge in [-0.2, -0.15) is 0 Å². The molecule has 1 saturated heterocycles. The van der Waals surface area contributed by atoms with E-state index in [1.54, 1.807) is 18.2 Å². The Morgan fingerprint density at radius 1 is 0.895 bits per heavy atom. The minimum Gasteiger partial charge on any atom is -0.507 e. The largest absolute Gasteiger partial charge is 0.507 e. The van der Waals surface area contributed by atoms with Crippen LogP contribution < -0.4 is 19.3 Å². The minimum absolute atomic E-state index is 0.00429. The zero-order chi connectivity index (χ0) is 27.6. The molecule has 3 aromatic carbocycles. The number of anilines is 2. The third-order valence-electron chi connectivity index (χ3n) is 7.21. The van der Waals surface area contributed by atoms with Crippen molar-refractivity contribution < 1.29 is 24.2 Å². The van der Waals surface area contributed by atoms with Gasteiger partial charge in [0, 0.05) is 24.5 Å². The highest BCUT2D eigenvalue weighted by molar-refractivity contribution is 6.51. The van der Waals surface area contributed by atoms with Gasteiger partial charge >= 0.3 is 0 Å². The monoisotopic (exact) mass is 514 g/mol. The van der Waals surface area contributed by atoms with Crippen LogP contribution in [0.5, 0.6) is 11.5 Å². The summed E-state index contributed by atoms with van der Waals surface area (Å²) in [6, 6.07) is 17.5. The molecule has 0 spiro atoms. The third kappa shape index (κ3) is 4.72. The number of aliphatic hydroxyl groups excluding tert-OH is 1.